The van der Waals surface area contributed by atoms with Crippen molar-refractivity contribution < 1.29 is 4.74 Å². The highest BCUT2D eigenvalue weighted by Crippen LogP contribution is 2.14. The van der Waals surface area contributed by atoms with Gasteiger partial charge in [0.15, 0.2) is 0 Å². The Labute approximate surface area is 117 Å². The van der Waals surface area contributed by atoms with E-state index in [1.165, 1.54) is 50.5 Å². The molecule has 1 unspecified atom stereocenters. The fraction of sp³-hybridized carbons (Fsp3) is 0.647. The number of benzene rings is 1. The van der Waals surface area contributed by atoms with Crippen molar-refractivity contribution in [3.63, 3.8) is 0 Å². The molecule has 0 amide bonds. The van der Waals surface area contributed by atoms with Gasteiger partial charge in [-0.2, -0.15) is 0 Å². The van der Waals surface area contributed by atoms with E-state index in [1.807, 2.05) is 0 Å². The average molecular weight is 261 g/mol. The summed E-state index contributed by atoms with van der Waals surface area (Å²) in [5, 5.41) is 3.54. The Kier molecular flexibility index (Phi) is 6.97. The molecule has 1 aliphatic heterocycles. The van der Waals surface area contributed by atoms with Gasteiger partial charge in [0.1, 0.15) is 0 Å². The highest BCUT2D eigenvalue weighted by atomic mass is 16.5. The lowest BCUT2D eigenvalue weighted by atomic mass is 10.1. The number of hydrogen-bond donors (Lipinski definition) is 1. The van der Waals surface area contributed by atoms with Crippen LogP contribution in [0.5, 0.6) is 0 Å². The molecule has 0 aliphatic carbocycles. The van der Waals surface area contributed by atoms with E-state index >= 15 is 0 Å². The normalized spacial score (nSPS) is 19.5. The molecule has 2 nitrogen and oxygen atoms in total. The molecule has 1 fully saturated rings. The Bertz CT molecular complexity index is 319. The van der Waals surface area contributed by atoms with Gasteiger partial charge in [-0.15, -0.1) is 0 Å². The molecule has 19 heavy (non-hydrogen) atoms. The maximum atomic E-state index is 5.72. The fourth-order valence-corrected chi connectivity index (χ4v) is 2.65. The predicted octanol–water partition coefficient (Wildman–Crippen LogP) is 3.56. The zero-order valence-electron chi connectivity index (χ0n) is 11.9. The highest BCUT2D eigenvalue weighted by Gasteiger charge is 2.12. The van der Waals surface area contributed by atoms with Crippen molar-refractivity contribution in [2.75, 3.05) is 19.7 Å². The molecule has 1 atom stereocenters. The Morgan fingerprint density at radius 3 is 2.74 bits per heavy atom. The van der Waals surface area contributed by atoms with Crippen LogP contribution in [0, 0.1) is 0 Å². The lowest BCUT2D eigenvalue weighted by molar-refractivity contribution is 0.0116. The van der Waals surface area contributed by atoms with Gasteiger partial charge in [-0.25, -0.2) is 0 Å². The predicted molar refractivity (Wildman–Crippen MR) is 80.5 cm³/mol. The minimum atomic E-state index is 0.519. The molecular weight excluding hydrogens is 234 g/mol. The first-order valence-corrected chi connectivity index (χ1v) is 7.81. The van der Waals surface area contributed by atoms with E-state index in [-0.39, 0.29) is 0 Å². The standard InChI is InChI=1S/C17H27NO/c1-2-8-16(9-3-1)10-4-6-13-18-14-12-17-11-5-7-15-19-17/h1-3,8-9,17-18H,4-7,10-15H2. The lowest BCUT2D eigenvalue weighted by Gasteiger charge is -2.22. The second kappa shape index (κ2) is 9.11. The van der Waals surface area contributed by atoms with E-state index in [0.29, 0.717) is 6.10 Å². The van der Waals surface area contributed by atoms with Gasteiger partial charge in [0.25, 0.3) is 0 Å². The van der Waals surface area contributed by atoms with Crippen LogP contribution < -0.4 is 5.32 Å². The first-order valence-electron chi connectivity index (χ1n) is 7.81. The highest BCUT2D eigenvalue weighted by molar-refractivity contribution is 5.14. The molecule has 1 aliphatic rings. The second-order valence-corrected chi connectivity index (χ2v) is 5.47. The van der Waals surface area contributed by atoms with E-state index in [4.69, 9.17) is 4.74 Å². The van der Waals surface area contributed by atoms with Crippen molar-refractivity contribution in [2.45, 2.75) is 51.0 Å². The zero-order chi connectivity index (χ0) is 13.2. The van der Waals surface area contributed by atoms with Crippen molar-refractivity contribution in [3.05, 3.63) is 35.9 Å². The summed E-state index contributed by atoms with van der Waals surface area (Å²) in [5.41, 5.74) is 1.46. The van der Waals surface area contributed by atoms with Crippen molar-refractivity contribution in [3.8, 4) is 0 Å². The van der Waals surface area contributed by atoms with E-state index in [1.54, 1.807) is 0 Å². The summed E-state index contributed by atoms with van der Waals surface area (Å²) in [6.07, 6.45) is 9.30. The first kappa shape index (κ1) is 14.5. The smallest absolute Gasteiger partial charge is 0.0587 e. The van der Waals surface area contributed by atoms with E-state index in [9.17, 15) is 0 Å². The summed E-state index contributed by atoms with van der Waals surface area (Å²) in [6.45, 7) is 3.22. The molecule has 1 heterocycles. The minimum absolute atomic E-state index is 0.519. The summed E-state index contributed by atoms with van der Waals surface area (Å²) in [7, 11) is 0. The van der Waals surface area contributed by atoms with Gasteiger partial charge in [0.05, 0.1) is 6.10 Å². The Hall–Kier alpha value is -0.860. The van der Waals surface area contributed by atoms with E-state index in [2.05, 4.69) is 35.6 Å². The number of hydrogen-bond acceptors (Lipinski definition) is 2. The van der Waals surface area contributed by atoms with Crippen LogP contribution >= 0.6 is 0 Å². The number of aryl methyl sites for hydroxylation is 1. The summed E-state index contributed by atoms with van der Waals surface area (Å²) in [4.78, 5) is 0. The molecule has 0 radical (unpaired) electrons. The van der Waals surface area contributed by atoms with Crippen LogP contribution in [0.4, 0.5) is 0 Å². The molecule has 0 bridgehead atoms. The third-order valence-electron chi connectivity index (χ3n) is 3.83. The van der Waals surface area contributed by atoms with E-state index in [0.717, 1.165) is 19.7 Å². The van der Waals surface area contributed by atoms with Crippen molar-refractivity contribution in [2.24, 2.45) is 0 Å². The van der Waals surface area contributed by atoms with Crippen LogP contribution in [0.3, 0.4) is 0 Å². The van der Waals surface area contributed by atoms with Gasteiger partial charge >= 0.3 is 0 Å². The van der Waals surface area contributed by atoms with Crippen molar-refractivity contribution >= 4 is 0 Å². The van der Waals surface area contributed by atoms with Crippen LogP contribution in [0.2, 0.25) is 0 Å². The summed E-state index contributed by atoms with van der Waals surface area (Å²) >= 11 is 0. The third kappa shape index (κ3) is 6.22. The van der Waals surface area contributed by atoms with Gasteiger partial charge in [-0.05, 0) is 63.6 Å². The maximum absolute atomic E-state index is 5.72. The first-order chi connectivity index (χ1) is 9.45. The molecule has 2 heteroatoms. The van der Waals surface area contributed by atoms with Crippen LogP contribution in [-0.2, 0) is 11.2 Å². The summed E-state index contributed by atoms with van der Waals surface area (Å²) < 4.78 is 5.72. The summed E-state index contributed by atoms with van der Waals surface area (Å²) in [6, 6.07) is 10.8. The van der Waals surface area contributed by atoms with Crippen LogP contribution in [0.25, 0.3) is 0 Å². The molecule has 0 saturated carbocycles. The van der Waals surface area contributed by atoms with Crippen LogP contribution in [0.1, 0.15) is 44.1 Å². The quantitative estimate of drug-likeness (QED) is 0.722. The van der Waals surface area contributed by atoms with Gasteiger partial charge in [-0.3, -0.25) is 0 Å². The van der Waals surface area contributed by atoms with Crippen molar-refractivity contribution in [1.82, 2.24) is 5.32 Å². The van der Waals surface area contributed by atoms with Gasteiger partial charge in [-0.1, -0.05) is 30.3 Å². The molecule has 0 spiro atoms. The molecule has 1 N–H and O–H groups in total. The minimum Gasteiger partial charge on any atom is -0.378 e. The zero-order valence-corrected chi connectivity index (χ0v) is 11.9. The van der Waals surface area contributed by atoms with Gasteiger partial charge in [0, 0.05) is 6.61 Å². The molecule has 1 saturated heterocycles. The molecule has 2 rings (SSSR count). The average Bonchev–Trinajstić information content (AvgIpc) is 2.48. The fourth-order valence-electron chi connectivity index (χ4n) is 2.65. The van der Waals surface area contributed by atoms with Gasteiger partial charge in [0.2, 0.25) is 0 Å². The Morgan fingerprint density at radius 2 is 1.95 bits per heavy atom. The van der Waals surface area contributed by atoms with Crippen LogP contribution in [-0.4, -0.2) is 25.8 Å². The molecular formula is C17H27NO. The third-order valence-corrected chi connectivity index (χ3v) is 3.83. The number of nitrogens with one attached hydrogen (secondary N) is 1. The number of unbranched alkanes of at least 4 members (excludes halogenated alkanes) is 1. The van der Waals surface area contributed by atoms with Gasteiger partial charge < -0.3 is 10.1 Å². The SMILES string of the molecule is c1ccc(CCCCNCCC2CCCCO2)cc1. The monoisotopic (exact) mass is 261 g/mol. The number of rotatable bonds is 8. The topological polar surface area (TPSA) is 21.3 Å². The number of ether oxygens (including phenoxy) is 1. The lowest BCUT2D eigenvalue weighted by Crippen LogP contribution is -2.25. The summed E-state index contributed by atoms with van der Waals surface area (Å²) in [5.74, 6) is 0. The van der Waals surface area contributed by atoms with E-state index < -0.39 is 0 Å². The Morgan fingerprint density at radius 1 is 1.05 bits per heavy atom. The molecule has 1 aromatic carbocycles. The van der Waals surface area contributed by atoms with Crippen molar-refractivity contribution in [1.29, 1.82) is 0 Å². The van der Waals surface area contributed by atoms with Crippen LogP contribution in [0.15, 0.2) is 30.3 Å². The molecule has 1 aromatic rings. The molecule has 106 valence electrons. The largest absolute Gasteiger partial charge is 0.378 e. The molecule has 0 aromatic heterocycles. The Balaban J connectivity index is 1.42. The second-order valence-electron chi connectivity index (χ2n) is 5.47. The maximum Gasteiger partial charge on any atom is 0.0587 e.